The van der Waals surface area contributed by atoms with E-state index in [1.54, 1.807) is 0 Å². The van der Waals surface area contributed by atoms with Gasteiger partial charge in [0.25, 0.3) is 6.43 Å². The second kappa shape index (κ2) is 3.58. The lowest BCUT2D eigenvalue weighted by Crippen LogP contribution is -1.97. The van der Waals surface area contributed by atoms with Gasteiger partial charge in [-0.3, -0.25) is 9.78 Å². The molecule has 0 aliphatic rings. The lowest BCUT2D eigenvalue weighted by atomic mass is 10.2. The molecule has 1 rings (SSSR count). The molecule has 0 radical (unpaired) electrons. The molecule has 0 unspecified atom stereocenters. The smallest absolute Gasteiger partial charge is 0.281 e. The summed E-state index contributed by atoms with van der Waals surface area (Å²) in [6.07, 6.45) is -1.36. The monoisotopic (exact) mass is 191 g/mol. The van der Waals surface area contributed by atoms with Gasteiger partial charge in [0.1, 0.15) is 5.69 Å². The lowest BCUT2D eigenvalue weighted by molar-refractivity contribution is 0.110. The molecule has 5 heteroatoms. The van der Waals surface area contributed by atoms with Crippen molar-refractivity contribution >= 4 is 17.9 Å². The van der Waals surface area contributed by atoms with E-state index in [0.29, 0.717) is 0 Å². The maximum atomic E-state index is 12.1. The Kier molecular flexibility index (Phi) is 2.70. The number of pyridine rings is 1. The Hall–Kier alpha value is -1.03. The topological polar surface area (TPSA) is 30.0 Å². The molecule has 0 bridgehead atoms. The van der Waals surface area contributed by atoms with Crippen molar-refractivity contribution < 1.29 is 13.6 Å². The summed E-state index contributed by atoms with van der Waals surface area (Å²) < 4.78 is 24.2. The summed E-state index contributed by atoms with van der Waals surface area (Å²) in [7, 11) is 0. The van der Waals surface area contributed by atoms with Gasteiger partial charge in [-0.1, -0.05) is 11.6 Å². The average Bonchev–Trinajstić information content (AvgIpc) is 2.03. The number of hydrogen-bond donors (Lipinski definition) is 0. The van der Waals surface area contributed by atoms with E-state index in [1.165, 1.54) is 6.07 Å². The molecule has 1 aromatic rings. The van der Waals surface area contributed by atoms with Crippen molar-refractivity contribution in [3.05, 3.63) is 28.5 Å². The second-order valence-electron chi connectivity index (χ2n) is 2.01. The quantitative estimate of drug-likeness (QED) is 0.673. The summed E-state index contributed by atoms with van der Waals surface area (Å²) in [5.41, 5.74) is -0.813. The minimum absolute atomic E-state index is 0.00435. The highest BCUT2D eigenvalue weighted by Crippen LogP contribution is 2.24. The van der Waals surface area contributed by atoms with Gasteiger partial charge in [0.2, 0.25) is 0 Å². The van der Waals surface area contributed by atoms with E-state index in [4.69, 9.17) is 11.6 Å². The summed E-state index contributed by atoms with van der Waals surface area (Å²) in [4.78, 5) is 13.6. The Morgan fingerprint density at radius 3 is 2.67 bits per heavy atom. The molecule has 0 saturated carbocycles. The molecular weight excluding hydrogens is 188 g/mol. The number of aromatic nitrogens is 1. The van der Waals surface area contributed by atoms with Crippen molar-refractivity contribution in [3.8, 4) is 0 Å². The predicted molar refractivity (Wildman–Crippen MR) is 39.6 cm³/mol. The molecule has 0 aliphatic heterocycles. The van der Waals surface area contributed by atoms with Gasteiger partial charge in [0.15, 0.2) is 6.29 Å². The van der Waals surface area contributed by atoms with Crippen molar-refractivity contribution in [2.24, 2.45) is 0 Å². The van der Waals surface area contributed by atoms with Crippen LogP contribution in [0.4, 0.5) is 8.78 Å². The number of nitrogens with zero attached hydrogens (tertiary/aromatic N) is 1. The predicted octanol–water partition coefficient (Wildman–Crippen LogP) is 2.49. The first-order valence-corrected chi connectivity index (χ1v) is 3.42. The number of aldehydes is 1. The molecule has 0 spiro atoms. The summed E-state index contributed by atoms with van der Waals surface area (Å²) >= 11 is 5.47. The highest BCUT2D eigenvalue weighted by atomic mass is 35.5. The van der Waals surface area contributed by atoms with E-state index >= 15 is 0 Å². The van der Waals surface area contributed by atoms with E-state index < -0.39 is 12.1 Å². The van der Waals surface area contributed by atoms with Crippen molar-refractivity contribution in [2.45, 2.75) is 6.43 Å². The molecule has 12 heavy (non-hydrogen) atoms. The maximum absolute atomic E-state index is 12.1. The van der Waals surface area contributed by atoms with Crippen LogP contribution in [0.25, 0.3) is 0 Å². The fraction of sp³-hybridized carbons (Fsp3) is 0.143. The van der Waals surface area contributed by atoms with Gasteiger partial charge in [-0.2, -0.15) is 0 Å². The summed E-state index contributed by atoms with van der Waals surface area (Å²) in [6.45, 7) is 0. The summed E-state index contributed by atoms with van der Waals surface area (Å²) in [5, 5.41) is -0.00435. The van der Waals surface area contributed by atoms with Crippen LogP contribution in [0.2, 0.25) is 5.02 Å². The Morgan fingerprint density at radius 1 is 1.58 bits per heavy atom. The first-order valence-electron chi connectivity index (χ1n) is 3.04. The SMILES string of the molecule is O=Cc1c(Cl)ccnc1C(F)F. The highest BCUT2D eigenvalue weighted by molar-refractivity contribution is 6.33. The van der Waals surface area contributed by atoms with Gasteiger partial charge in [0, 0.05) is 6.20 Å². The van der Waals surface area contributed by atoms with Gasteiger partial charge in [0.05, 0.1) is 10.6 Å². The first-order chi connectivity index (χ1) is 5.66. The van der Waals surface area contributed by atoms with Crippen molar-refractivity contribution in [1.29, 1.82) is 0 Å². The van der Waals surface area contributed by atoms with Crippen LogP contribution >= 0.6 is 11.6 Å². The van der Waals surface area contributed by atoms with E-state index in [1.807, 2.05) is 0 Å². The molecule has 0 atom stereocenters. The third kappa shape index (κ3) is 1.58. The third-order valence-electron chi connectivity index (χ3n) is 1.29. The molecule has 0 amide bonds. The minimum Gasteiger partial charge on any atom is -0.298 e. The Balaban J connectivity index is 3.27. The van der Waals surface area contributed by atoms with Gasteiger partial charge in [-0.25, -0.2) is 8.78 Å². The van der Waals surface area contributed by atoms with Gasteiger partial charge < -0.3 is 0 Å². The van der Waals surface area contributed by atoms with Crippen molar-refractivity contribution in [1.82, 2.24) is 4.98 Å². The maximum Gasteiger partial charge on any atom is 0.281 e. The first kappa shape index (κ1) is 9.06. The molecule has 64 valence electrons. The van der Waals surface area contributed by atoms with Crippen molar-refractivity contribution in [2.75, 3.05) is 0 Å². The summed E-state index contributed by atoms with van der Waals surface area (Å²) in [5.74, 6) is 0. The van der Waals surface area contributed by atoms with Gasteiger partial charge in [-0.15, -0.1) is 0 Å². The number of carbonyl (C=O) groups is 1. The highest BCUT2D eigenvalue weighted by Gasteiger charge is 2.16. The zero-order valence-electron chi connectivity index (χ0n) is 5.80. The minimum atomic E-state index is -2.77. The number of rotatable bonds is 2. The Morgan fingerprint density at radius 2 is 2.25 bits per heavy atom. The van der Waals surface area contributed by atoms with Crippen LogP contribution in [0.3, 0.4) is 0 Å². The van der Waals surface area contributed by atoms with Crippen LogP contribution in [0, 0.1) is 0 Å². The number of carbonyl (C=O) groups excluding carboxylic acids is 1. The fourth-order valence-corrected chi connectivity index (χ4v) is 0.953. The molecule has 0 saturated heterocycles. The molecule has 0 aliphatic carbocycles. The van der Waals surface area contributed by atoms with Crippen LogP contribution in [0.1, 0.15) is 22.5 Å². The number of alkyl halides is 2. The van der Waals surface area contributed by atoms with Crippen LogP contribution < -0.4 is 0 Å². The number of halogens is 3. The lowest BCUT2D eigenvalue weighted by Gasteiger charge is -2.02. The Bertz CT molecular complexity index is 303. The van der Waals surface area contributed by atoms with Crippen LogP contribution in [-0.4, -0.2) is 11.3 Å². The second-order valence-corrected chi connectivity index (χ2v) is 2.42. The fourth-order valence-electron chi connectivity index (χ4n) is 0.755. The van der Waals surface area contributed by atoms with Crippen LogP contribution in [0.15, 0.2) is 12.3 Å². The number of hydrogen-bond acceptors (Lipinski definition) is 2. The van der Waals surface area contributed by atoms with Crippen molar-refractivity contribution in [3.63, 3.8) is 0 Å². The summed E-state index contributed by atoms with van der Waals surface area (Å²) in [6, 6.07) is 1.29. The van der Waals surface area contributed by atoms with Crippen LogP contribution in [-0.2, 0) is 0 Å². The molecule has 0 fully saturated rings. The van der Waals surface area contributed by atoms with Gasteiger partial charge in [-0.05, 0) is 6.07 Å². The van der Waals surface area contributed by atoms with Gasteiger partial charge >= 0.3 is 0 Å². The molecular formula is C7H4ClF2NO. The van der Waals surface area contributed by atoms with Crippen LogP contribution in [0.5, 0.6) is 0 Å². The zero-order chi connectivity index (χ0) is 9.14. The Labute approximate surface area is 72.2 Å². The van der Waals surface area contributed by atoms with E-state index in [2.05, 4.69) is 4.98 Å². The normalized spacial score (nSPS) is 10.3. The molecule has 0 N–H and O–H groups in total. The zero-order valence-corrected chi connectivity index (χ0v) is 6.55. The standard InChI is InChI=1S/C7H4ClF2NO/c8-5-1-2-11-6(7(9)10)4(5)3-12/h1-3,7H. The van der Waals surface area contributed by atoms with E-state index in [9.17, 15) is 13.6 Å². The largest absolute Gasteiger partial charge is 0.298 e. The van der Waals surface area contributed by atoms with E-state index in [-0.39, 0.29) is 16.9 Å². The molecule has 1 heterocycles. The molecule has 0 aromatic carbocycles. The third-order valence-corrected chi connectivity index (χ3v) is 1.62. The molecule has 2 nitrogen and oxygen atoms in total. The van der Waals surface area contributed by atoms with E-state index in [0.717, 1.165) is 6.20 Å². The average molecular weight is 192 g/mol. The molecule has 1 aromatic heterocycles.